The number of aliphatic hydroxyl groups excluding tert-OH is 2. The maximum absolute atomic E-state index is 12.6. The number of carbonyl (C=O) groups excluding carboxylic acids is 2. The standard InChI is InChI=1S/C74H145NO5/c1-3-5-7-9-11-13-15-17-19-21-23-24-28-31-34-38-42-46-50-54-58-62-66-72(77)71(70-76)75-73(78)67-63-59-55-51-47-43-39-35-32-29-26-25-27-30-33-37-41-45-49-53-57-61-65-69-80-74(79)68-64-60-56-52-48-44-40-36-22-20-18-16-14-12-10-8-6-4-2/h20,22,71-72,76-77H,3-19,21,23-70H2,1-2H3,(H,75,78)/b22-20-. The maximum Gasteiger partial charge on any atom is 0.305 e. The molecule has 0 saturated carbocycles. The van der Waals surface area contributed by atoms with Crippen LogP contribution in [0.3, 0.4) is 0 Å². The van der Waals surface area contributed by atoms with Crippen molar-refractivity contribution in [2.45, 2.75) is 437 Å². The van der Waals surface area contributed by atoms with Crippen molar-refractivity contribution < 1.29 is 24.5 Å². The zero-order chi connectivity index (χ0) is 57.8. The van der Waals surface area contributed by atoms with Crippen LogP contribution in [0.1, 0.15) is 425 Å². The Hall–Kier alpha value is -1.40. The van der Waals surface area contributed by atoms with Crippen LogP contribution in [-0.4, -0.2) is 47.4 Å². The average Bonchev–Trinajstić information content (AvgIpc) is 3.46. The minimum Gasteiger partial charge on any atom is -0.466 e. The minimum atomic E-state index is -0.665. The number of aliphatic hydroxyl groups is 2. The van der Waals surface area contributed by atoms with E-state index in [9.17, 15) is 19.8 Å². The van der Waals surface area contributed by atoms with Crippen molar-refractivity contribution in [3.8, 4) is 0 Å². The number of ether oxygens (including phenoxy) is 1. The van der Waals surface area contributed by atoms with Gasteiger partial charge in [-0.05, 0) is 51.4 Å². The van der Waals surface area contributed by atoms with Gasteiger partial charge < -0.3 is 20.3 Å². The zero-order valence-electron chi connectivity index (χ0n) is 54.6. The number of rotatable bonds is 70. The summed E-state index contributed by atoms with van der Waals surface area (Å²) in [6, 6.07) is -0.542. The molecule has 0 aromatic rings. The molecule has 0 saturated heterocycles. The van der Waals surface area contributed by atoms with Crippen LogP contribution < -0.4 is 5.32 Å². The fourth-order valence-electron chi connectivity index (χ4n) is 11.9. The molecule has 2 unspecified atom stereocenters. The molecule has 6 heteroatoms. The molecule has 2 atom stereocenters. The molecule has 6 nitrogen and oxygen atoms in total. The molecule has 0 aliphatic heterocycles. The number of amides is 1. The second-order valence-corrected chi connectivity index (χ2v) is 25.6. The van der Waals surface area contributed by atoms with Crippen LogP contribution in [0.25, 0.3) is 0 Å². The summed E-state index contributed by atoms with van der Waals surface area (Å²) in [7, 11) is 0. The van der Waals surface area contributed by atoms with Gasteiger partial charge in [0.2, 0.25) is 5.91 Å². The highest BCUT2D eigenvalue weighted by molar-refractivity contribution is 5.76. The van der Waals surface area contributed by atoms with E-state index in [1.54, 1.807) is 0 Å². The molecule has 0 aliphatic carbocycles. The van der Waals surface area contributed by atoms with Gasteiger partial charge in [0.15, 0.2) is 0 Å². The Labute approximate surface area is 501 Å². The summed E-state index contributed by atoms with van der Waals surface area (Å²) in [5, 5.41) is 23.4. The van der Waals surface area contributed by atoms with Crippen LogP contribution in [-0.2, 0) is 14.3 Å². The van der Waals surface area contributed by atoms with Crippen molar-refractivity contribution in [3.63, 3.8) is 0 Å². The SMILES string of the molecule is CCCCCCCCC/C=C\CCCCCCCCCC(=O)OCCCCCCCCCCCCCCCCCCCCCCCCCC(=O)NC(CO)C(O)CCCCCCCCCCCCCCCCCCCCCCCC. The Morgan fingerprint density at radius 2 is 0.588 bits per heavy atom. The molecule has 0 rings (SSSR count). The van der Waals surface area contributed by atoms with Crippen molar-refractivity contribution in [3.05, 3.63) is 12.2 Å². The molecule has 0 radical (unpaired) electrons. The molecule has 0 aromatic heterocycles. The van der Waals surface area contributed by atoms with Gasteiger partial charge in [0.25, 0.3) is 0 Å². The summed E-state index contributed by atoms with van der Waals surface area (Å²) in [5.41, 5.74) is 0. The number of esters is 1. The largest absolute Gasteiger partial charge is 0.466 e. The number of hydrogen-bond acceptors (Lipinski definition) is 5. The molecule has 476 valence electrons. The van der Waals surface area contributed by atoms with E-state index in [2.05, 4.69) is 31.3 Å². The molecule has 3 N–H and O–H groups in total. The summed E-state index contributed by atoms with van der Waals surface area (Å²) >= 11 is 0. The number of allylic oxidation sites excluding steroid dienone is 2. The molecular formula is C74H145NO5. The first kappa shape index (κ1) is 78.6. The lowest BCUT2D eigenvalue weighted by molar-refractivity contribution is -0.143. The summed E-state index contributed by atoms with van der Waals surface area (Å²) in [6.07, 6.45) is 86.9. The van der Waals surface area contributed by atoms with Gasteiger partial charge in [-0.25, -0.2) is 0 Å². The maximum atomic E-state index is 12.6. The fourth-order valence-corrected chi connectivity index (χ4v) is 11.9. The van der Waals surface area contributed by atoms with Gasteiger partial charge >= 0.3 is 5.97 Å². The number of hydrogen-bond donors (Lipinski definition) is 3. The van der Waals surface area contributed by atoms with E-state index >= 15 is 0 Å². The molecule has 0 bridgehead atoms. The van der Waals surface area contributed by atoms with E-state index in [1.165, 1.54) is 347 Å². The first-order valence-electron chi connectivity index (χ1n) is 36.9. The molecule has 0 spiro atoms. The zero-order valence-corrected chi connectivity index (χ0v) is 54.6. The van der Waals surface area contributed by atoms with Crippen LogP contribution >= 0.6 is 0 Å². The minimum absolute atomic E-state index is 0.0130. The first-order chi connectivity index (χ1) is 39.5. The van der Waals surface area contributed by atoms with E-state index in [4.69, 9.17) is 4.74 Å². The molecular weight excluding hydrogens is 983 g/mol. The van der Waals surface area contributed by atoms with Crippen LogP contribution in [0.2, 0.25) is 0 Å². The third-order valence-electron chi connectivity index (χ3n) is 17.6. The van der Waals surface area contributed by atoms with Crippen molar-refractivity contribution in [1.29, 1.82) is 0 Å². The van der Waals surface area contributed by atoms with Crippen LogP contribution in [0.5, 0.6) is 0 Å². The van der Waals surface area contributed by atoms with Crippen molar-refractivity contribution in [1.82, 2.24) is 5.32 Å². The summed E-state index contributed by atoms with van der Waals surface area (Å²) in [5.74, 6) is -0.0161. The van der Waals surface area contributed by atoms with Crippen molar-refractivity contribution in [2.75, 3.05) is 13.2 Å². The van der Waals surface area contributed by atoms with Crippen LogP contribution in [0.4, 0.5) is 0 Å². The highest BCUT2D eigenvalue weighted by Crippen LogP contribution is 2.20. The van der Waals surface area contributed by atoms with Crippen LogP contribution in [0.15, 0.2) is 12.2 Å². The van der Waals surface area contributed by atoms with E-state index in [0.29, 0.717) is 25.9 Å². The van der Waals surface area contributed by atoms with Gasteiger partial charge in [0, 0.05) is 12.8 Å². The third-order valence-corrected chi connectivity index (χ3v) is 17.6. The number of unbranched alkanes of at least 4 members (excludes halogenated alkanes) is 57. The Bertz CT molecular complexity index is 1210. The highest BCUT2D eigenvalue weighted by atomic mass is 16.5. The second-order valence-electron chi connectivity index (χ2n) is 25.6. The predicted octanol–water partition coefficient (Wildman–Crippen LogP) is 23.9. The van der Waals surface area contributed by atoms with E-state index in [1.807, 2.05) is 0 Å². The monoisotopic (exact) mass is 1130 g/mol. The Morgan fingerprint density at radius 3 is 0.887 bits per heavy atom. The first-order valence-corrected chi connectivity index (χ1v) is 36.9. The average molecular weight is 1130 g/mol. The molecule has 0 heterocycles. The molecule has 1 amide bonds. The second kappa shape index (κ2) is 70.1. The van der Waals surface area contributed by atoms with Gasteiger partial charge in [0.1, 0.15) is 0 Å². The van der Waals surface area contributed by atoms with Gasteiger partial charge in [-0.3, -0.25) is 9.59 Å². The summed E-state index contributed by atoms with van der Waals surface area (Å²) in [6.45, 7) is 5.00. The topological polar surface area (TPSA) is 95.9 Å². The smallest absolute Gasteiger partial charge is 0.305 e. The summed E-state index contributed by atoms with van der Waals surface area (Å²) < 4.78 is 5.51. The van der Waals surface area contributed by atoms with E-state index < -0.39 is 12.1 Å². The quantitative estimate of drug-likeness (QED) is 0.0320. The number of carbonyl (C=O) groups is 2. The Balaban J connectivity index is 3.36. The molecule has 0 aliphatic rings. The van der Waals surface area contributed by atoms with Crippen molar-refractivity contribution >= 4 is 11.9 Å². The predicted molar refractivity (Wildman–Crippen MR) is 352 cm³/mol. The molecule has 80 heavy (non-hydrogen) atoms. The van der Waals surface area contributed by atoms with Crippen LogP contribution in [0, 0.1) is 0 Å². The summed E-state index contributed by atoms with van der Waals surface area (Å²) in [4.78, 5) is 24.7. The van der Waals surface area contributed by atoms with Crippen molar-refractivity contribution in [2.24, 2.45) is 0 Å². The molecule has 0 fully saturated rings. The van der Waals surface area contributed by atoms with Gasteiger partial charge in [-0.1, -0.05) is 373 Å². The highest BCUT2D eigenvalue weighted by Gasteiger charge is 2.20. The Morgan fingerprint density at radius 1 is 0.338 bits per heavy atom. The Kier molecular flexibility index (Phi) is 68.9. The van der Waals surface area contributed by atoms with Gasteiger partial charge in [-0.2, -0.15) is 0 Å². The van der Waals surface area contributed by atoms with E-state index in [0.717, 1.165) is 44.9 Å². The normalized spacial score (nSPS) is 12.5. The lowest BCUT2D eigenvalue weighted by Gasteiger charge is -2.22. The van der Waals surface area contributed by atoms with E-state index in [-0.39, 0.29) is 18.5 Å². The van der Waals surface area contributed by atoms with Gasteiger partial charge in [-0.15, -0.1) is 0 Å². The fraction of sp³-hybridized carbons (Fsp3) is 0.946. The molecule has 0 aromatic carbocycles. The lowest BCUT2D eigenvalue weighted by Crippen LogP contribution is -2.45. The van der Waals surface area contributed by atoms with Gasteiger partial charge in [0.05, 0.1) is 25.4 Å². The third kappa shape index (κ3) is 65.7. The lowest BCUT2D eigenvalue weighted by atomic mass is 10.0. The number of nitrogens with one attached hydrogen (secondary N) is 1.